The van der Waals surface area contributed by atoms with Crippen LogP contribution in [0.2, 0.25) is 0 Å². The topological polar surface area (TPSA) is 81.8 Å². The van der Waals surface area contributed by atoms with E-state index in [1.807, 2.05) is 24.3 Å². The van der Waals surface area contributed by atoms with E-state index in [4.69, 9.17) is 0 Å². The number of benzene rings is 1. The maximum atomic E-state index is 12.8. The van der Waals surface area contributed by atoms with E-state index in [1.165, 1.54) is 19.3 Å². The zero-order chi connectivity index (χ0) is 19.7. The van der Waals surface area contributed by atoms with Crippen molar-refractivity contribution in [1.29, 1.82) is 0 Å². The Hall–Kier alpha value is -2.57. The van der Waals surface area contributed by atoms with Crippen molar-refractivity contribution in [2.45, 2.75) is 63.5 Å². The van der Waals surface area contributed by atoms with Crippen LogP contribution in [0, 0.1) is 0 Å². The molecule has 2 saturated heterocycles. The lowest BCUT2D eigenvalue weighted by Gasteiger charge is -2.29. The van der Waals surface area contributed by atoms with Gasteiger partial charge in [-0.2, -0.15) is 0 Å². The number of urea groups is 1. The molecule has 1 saturated carbocycles. The monoisotopic (exact) mass is 384 g/mol. The molecule has 0 bridgehead atoms. The average molecular weight is 384 g/mol. The third-order valence-corrected chi connectivity index (χ3v) is 6.27. The number of anilines is 2. The Kier molecular flexibility index (Phi) is 5.00. The Balaban J connectivity index is 1.40. The highest BCUT2D eigenvalue weighted by atomic mass is 16.2. The van der Waals surface area contributed by atoms with Crippen molar-refractivity contribution in [3.8, 4) is 0 Å². The minimum absolute atomic E-state index is 0.266. The third-order valence-electron chi connectivity index (χ3n) is 6.27. The van der Waals surface area contributed by atoms with E-state index >= 15 is 0 Å². The maximum absolute atomic E-state index is 12.8. The normalized spacial score (nSPS) is 22.5. The van der Waals surface area contributed by atoms with E-state index in [1.54, 1.807) is 6.92 Å². The summed E-state index contributed by atoms with van der Waals surface area (Å²) in [5.74, 6) is -0.623. The molecule has 7 nitrogen and oxygen atoms in total. The van der Waals surface area contributed by atoms with Crippen LogP contribution < -0.4 is 15.5 Å². The Morgan fingerprint density at radius 2 is 1.68 bits per heavy atom. The largest absolute Gasteiger partial charge is 0.372 e. The van der Waals surface area contributed by atoms with Gasteiger partial charge in [-0.05, 0) is 63.3 Å². The van der Waals surface area contributed by atoms with Crippen molar-refractivity contribution < 1.29 is 14.4 Å². The van der Waals surface area contributed by atoms with Crippen LogP contribution in [0.1, 0.15) is 51.9 Å². The van der Waals surface area contributed by atoms with Crippen molar-refractivity contribution in [1.82, 2.24) is 10.2 Å². The van der Waals surface area contributed by atoms with Crippen molar-refractivity contribution >= 4 is 29.2 Å². The molecule has 1 atom stereocenters. The van der Waals surface area contributed by atoms with E-state index in [0.29, 0.717) is 18.5 Å². The molecule has 3 fully saturated rings. The fourth-order valence-corrected chi connectivity index (χ4v) is 4.58. The van der Waals surface area contributed by atoms with Crippen LogP contribution in [0.15, 0.2) is 24.3 Å². The van der Waals surface area contributed by atoms with Gasteiger partial charge in [0.05, 0.1) is 0 Å². The van der Waals surface area contributed by atoms with Crippen LogP contribution in [0.5, 0.6) is 0 Å². The van der Waals surface area contributed by atoms with Gasteiger partial charge in [0.25, 0.3) is 5.91 Å². The van der Waals surface area contributed by atoms with Gasteiger partial charge in [0, 0.05) is 24.5 Å². The SMILES string of the molecule is C[C@H](C(=O)Nc1ccc(N2CCCCC2)cc1)N1C(=O)NC2(CCCC2)C1=O. The molecule has 0 aromatic heterocycles. The predicted octanol–water partition coefficient (Wildman–Crippen LogP) is 2.87. The van der Waals surface area contributed by atoms with Gasteiger partial charge in [0.2, 0.25) is 5.91 Å². The van der Waals surface area contributed by atoms with Crippen LogP contribution in [-0.4, -0.2) is 47.4 Å². The Morgan fingerprint density at radius 1 is 1.04 bits per heavy atom. The lowest BCUT2D eigenvalue weighted by Crippen LogP contribution is -2.48. The van der Waals surface area contributed by atoms with Crippen molar-refractivity contribution in [2.24, 2.45) is 0 Å². The predicted molar refractivity (Wildman–Crippen MR) is 107 cm³/mol. The van der Waals surface area contributed by atoms with Gasteiger partial charge in [0.15, 0.2) is 0 Å². The molecule has 0 radical (unpaired) electrons. The summed E-state index contributed by atoms with van der Waals surface area (Å²) >= 11 is 0. The molecule has 0 unspecified atom stereocenters. The highest BCUT2D eigenvalue weighted by Gasteiger charge is 2.54. The zero-order valence-electron chi connectivity index (χ0n) is 16.4. The second kappa shape index (κ2) is 7.45. The molecular formula is C21H28N4O3. The molecule has 1 aromatic rings. The molecule has 4 amide bonds. The van der Waals surface area contributed by atoms with Gasteiger partial charge in [-0.25, -0.2) is 9.69 Å². The zero-order valence-corrected chi connectivity index (χ0v) is 16.4. The molecule has 1 aliphatic carbocycles. The summed E-state index contributed by atoms with van der Waals surface area (Å²) in [5.41, 5.74) is 1.03. The Morgan fingerprint density at radius 3 is 2.32 bits per heavy atom. The number of nitrogens with one attached hydrogen (secondary N) is 2. The standard InChI is InChI=1S/C21H28N4O3/c1-15(25-19(27)21(23-20(25)28)11-3-4-12-21)18(26)22-16-7-9-17(10-8-16)24-13-5-2-6-14-24/h7-10,15H,2-6,11-14H2,1H3,(H,22,26)(H,23,28)/t15-/m1/s1. The molecule has 150 valence electrons. The number of hydrogen-bond acceptors (Lipinski definition) is 4. The molecule has 1 spiro atoms. The number of imide groups is 1. The van der Waals surface area contributed by atoms with Gasteiger partial charge in [-0.3, -0.25) is 9.59 Å². The third kappa shape index (κ3) is 3.34. The van der Waals surface area contributed by atoms with Crippen LogP contribution in [0.4, 0.5) is 16.2 Å². The smallest absolute Gasteiger partial charge is 0.325 e. The summed E-state index contributed by atoms with van der Waals surface area (Å²) in [6.45, 7) is 3.73. The first-order chi connectivity index (χ1) is 13.5. The summed E-state index contributed by atoms with van der Waals surface area (Å²) < 4.78 is 0. The summed E-state index contributed by atoms with van der Waals surface area (Å²) in [6, 6.07) is 6.45. The lowest BCUT2D eigenvalue weighted by atomic mass is 9.97. The highest BCUT2D eigenvalue weighted by molar-refractivity contribution is 6.11. The van der Waals surface area contributed by atoms with Gasteiger partial charge in [-0.15, -0.1) is 0 Å². The molecule has 3 aliphatic rings. The van der Waals surface area contributed by atoms with Crippen LogP contribution >= 0.6 is 0 Å². The molecule has 28 heavy (non-hydrogen) atoms. The van der Waals surface area contributed by atoms with Gasteiger partial charge in [-0.1, -0.05) is 12.8 Å². The first-order valence-corrected chi connectivity index (χ1v) is 10.3. The van der Waals surface area contributed by atoms with E-state index in [0.717, 1.165) is 36.5 Å². The van der Waals surface area contributed by atoms with Crippen molar-refractivity contribution in [3.63, 3.8) is 0 Å². The number of nitrogens with zero attached hydrogens (tertiary/aromatic N) is 2. The first-order valence-electron chi connectivity index (χ1n) is 10.3. The summed E-state index contributed by atoms with van der Waals surface area (Å²) in [6.07, 6.45) is 6.85. The van der Waals surface area contributed by atoms with E-state index < -0.39 is 17.6 Å². The minimum atomic E-state index is -0.853. The van der Waals surface area contributed by atoms with Gasteiger partial charge in [0.1, 0.15) is 11.6 Å². The molecule has 2 aliphatic heterocycles. The summed E-state index contributed by atoms with van der Waals surface area (Å²) in [7, 11) is 0. The summed E-state index contributed by atoms with van der Waals surface area (Å²) in [4.78, 5) is 41.3. The molecule has 2 heterocycles. The highest BCUT2D eigenvalue weighted by Crippen LogP contribution is 2.35. The minimum Gasteiger partial charge on any atom is -0.372 e. The average Bonchev–Trinajstić information content (AvgIpc) is 3.27. The van der Waals surface area contributed by atoms with Crippen LogP contribution in [0.3, 0.4) is 0 Å². The second-order valence-corrected chi connectivity index (χ2v) is 8.15. The summed E-state index contributed by atoms with van der Waals surface area (Å²) in [5, 5.41) is 5.66. The number of amides is 4. The number of piperidine rings is 1. The quantitative estimate of drug-likeness (QED) is 0.782. The molecule has 4 rings (SSSR count). The van der Waals surface area contributed by atoms with E-state index in [-0.39, 0.29) is 11.8 Å². The lowest BCUT2D eigenvalue weighted by molar-refractivity contribution is -0.136. The number of carbonyl (C=O) groups excluding carboxylic acids is 3. The Labute approximate surface area is 165 Å². The second-order valence-electron chi connectivity index (χ2n) is 8.15. The van der Waals surface area contributed by atoms with Gasteiger partial charge >= 0.3 is 6.03 Å². The Bertz CT molecular complexity index is 764. The number of hydrogen-bond donors (Lipinski definition) is 2. The van der Waals surface area contributed by atoms with E-state index in [2.05, 4.69) is 15.5 Å². The maximum Gasteiger partial charge on any atom is 0.325 e. The molecule has 7 heteroatoms. The van der Waals surface area contributed by atoms with Crippen molar-refractivity contribution in [2.75, 3.05) is 23.3 Å². The molecule has 1 aromatic carbocycles. The van der Waals surface area contributed by atoms with Crippen LogP contribution in [0.25, 0.3) is 0 Å². The number of rotatable bonds is 4. The van der Waals surface area contributed by atoms with Gasteiger partial charge < -0.3 is 15.5 Å². The first kappa shape index (κ1) is 18.8. The number of carbonyl (C=O) groups is 3. The van der Waals surface area contributed by atoms with Crippen LogP contribution in [-0.2, 0) is 9.59 Å². The fraction of sp³-hybridized carbons (Fsp3) is 0.571. The molecule has 2 N–H and O–H groups in total. The van der Waals surface area contributed by atoms with Crippen molar-refractivity contribution in [3.05, 3.63) is 24.3 Å². The molecular weight excluding hydrogens is 356 g/mol. The fourth-order valence-electron chi connectivity index (χ4n) is 4.58. The van der Waals surface area contributed by atoms with E-state index in [9.17, 15) is 14.4 Å².